The molecule has 0 unspecified atom stereocenters. The van der Waals surface area contributed by atoms with E-state index in [1.807, 2.05) is 24.3 Å². The number of aromatic nitrogens is 1. The van der Waals surface area contributed by atoms with Crippen molar-refractivity contribution in [2.75, 3.05) is 13.1 Å². The lowest BCUT2D eigenvalue weighted by molar-refractivity contribution is 0.0581. The molecule has 29 heavy (non-hydrogen) atoms. The Balaban J connectivity index is 0.00000240. The molecule has 156 valence electrons. The van der Waals surface area contributed by atoms with Crippen molar-refractivity contribution in [2.45, 2.75) is 50.0 Å². The number of amides is 1. The molecule has 2 aromatic rings. The Hall–Kier alpha value is -1.62. The summed E-state index contributed by atoms with van der Waals surface area (Å²) < 4.78 is 0. The van der Waals surface area contributed by atoms with Crippen LogP contribution in [0.15, 0.2) is 48.8 Å². The number of pyridine rings is 1. The maximum absolute atomic E-state index is 13.2. The minimum atomic E-state index is -0.0377. The minimum absolute atomic E-state index is 0. The van der Waals surface area contributed by atoms with Crippen LogP contribution in [0.25, 0.3) is 0 Å². The van der Waals surface area contributed by atoms with Crippen molar-refractivity contribution in [2.24, 2.45) is 11.7 Å². The lowest BCUT2D eigenvalue weighted by Gasteiger charge is -2.43. The normalized spacial score (nSPS) is 23.9. The van der Waals surface area contributed by atoms with Gasteiger partial charge in [0, 0.05) is 42.0 Å². The number of carbonyl (C=O) groups excluding carboxylic acids is 1. The van der Waals surface area contributed by atoms with Gasteiger partial charge in [-0.3, -0.25) is 9.78 Å². The summed E-state index contributed by atoms with van der Waals surface area (Å²) in [4.78, 5) is 19.5. The van der Waals surface area contributed by atoms with E-state index in [0.717, 1.165) is 37.3 Å². The van der Waals surface area contributed by atoms with Crippen LogP contribution in [0.3, 0.4) is 0 Å². The summed E-state index contributed by atoms with van der Waals surface area (Å²) >= 11 is 6.24. The number of benzene rings is 1. The molecule has 0 saturated heterocycles. The maximum Gasteiger partial charge on any atom is 0.255 e. The van der Waals surface area contributed by atoms with Crippen molar-refractivity contribution < 1.29 is 4.79 Å². The average molecular weight is 434 g/mol. The van der Waals surface area contributed by atoms with Crippen LogP contribution in [0.2, 0.25) is 5.02 Å². The molecule has 0 spiro atoms. The molecule has 6 heteroatoms. The number of hydrogen-bond acceptors (Lipinski definition) is 3. The van der Waals surface area contributed by atoms with Gasteiger partial charge in [-0.05, 0) is 74.3 Å². The molecule has 4 rings (SSSR count). The van der Waals surface area contributed by atoms with Gasteiger partial charge >= 0.3 is 0 Å². The zero-order valence-corrected chi connectivity index (χ0v) is 18.2. The third-order valence-corrected chi connectivity index (χ3v) is 6.74. The Morgan fingerprint density at radius 1 is 1.17 bits per heavy atom. The molecule has 2 aliphatic carbocycles. The second-order valence-corrected chi connectivity index (χ2v) is 8.81. The summed E-state index contributed by atoms with van der Waals surface area (Å²) in [6.45, 7) is 1.48. The second kappa shape index (κ2) is 9.46. The molecule has 4 nitrogen and oxygen atoms in total. The first-order chi connectivity index (χ1) is 13.6. The highest BCUT2D eigenvalue weighted by molar-refractivity contribution is 6.30. The quantitative estimate of drug-likeness (QED) is 0.707. The van der Waals surface area contributed by atoms with Crippen molar-refractivity contribution >= 4 is 29.9 Å². The monoisotopic (exact) mass is 433 g/mol. The third-order valence-electron chi connectivity index (χ3n) is 6.50. The van der Waals surface area contributed by atoms with Gasteiger partial charge in [0.15, 0.2) is 0 Å². The van der Waals surface area contributed by atoms with E-state index in [-0.39, 0.29) is 29.8 Å². The maximum atomic E-state index is 13.2. The van der Waals surface area contributed by atoms with Crippen LogP contribution >= 0.6 is 24.0 Å². The van der Waals surface area contributed by atoms with E-state index < -0.39 is 0 Å². The topological polar surface area (TPSA) is 59.2 Å². The van der Waals surface area contributed by atoms with E-state index in [1.165, 1.54) is 18.4 Å². The van der Waals surface area contributed by atoms with E-state index in [9.17, 15) is 4.79 Å². The van der Waals surface area contributed by atoms with Crippen molar-refractivity contribution in [3.63, 3.8) is 0 Å². The van der Waals surface area contributed by atoms with E-state index in [2.05, 4.69) is 22.0 Å². The fraction of sp³-hybridized carbons (Fsp3) is 0.478. The second-order valence-electron chi connectivity index (χ2n) is 8.37. The van der Waals surface area contributed by atoms with Crippen LogP contribution in [0.1, 0.15) is 54.4 Å². The van der Waals surface area contributed by atoms with E-state index >= 15 is 0 Å². The third kappa shape index (κ3) is 4.93. The molecule has 0 aliphatic heterocycles. The number of carbonyl (C=O) groups is 1. The SMILES string of the molecule is Cl.NC[C@]1(c2cccc(Cl)c2)CC[C@H](N(CC2CC2)C(=O)c2cccnc2)CC1. The predicted octanol–water partition coefficient (Wildman–Crippen LogP) is 4.85. The Kier molecular flexibility index (Phi) is 7.20. The van der Waals surface area contributed by atoms with Gasteiger partial charge in [0.2, 0.25) is 0 Å². The first-order valence-electron chi connectivity index (χ1n) is 10.3. The number of hydrogen-bond donors (Lipinski definition) is 1. The van der Waals surface area contributed by atoms with Crippen molar-refractivity contribution in [3.05, 3.63) is 64.9 Å². The van der Waals surface area contributed by atoms with Crippen molar-refractivity contribution in [1.82, 2.24) is 9.88 Å². The molecule has 1 aromatic carbocycles. The van der Waals surface area contributed by atoms with Gasteiger partial charge in [-0.2, -0.15) is 0 Å². The molecule has 0 radical (unpaired) electrons. The molecule has 2 saturated carbocycles. The van der Waals surface area contributed by atoms with Crippen molar-refractivity contribution in [1.29, 1.82) is 0 Å². The fourth-order valence-electron chi connectivity index (χ4n) is 4.53. The van der Waals surface area contributed by atoms with Gasteiger partial charge in [-0.15, -0.1) is 12.4 Å². The van der Waals surface area contributed by atoms with Gasteiger partial charge in [-0.1, -0.05) is 23.7 Å². The van der Waals surface area contributed by atoms with Crippen LogP contribution in [-0.4, -0.2) is 34.9 Å². The summed E-state index contributed by atoms with van der Waals surface area (Å²) in [6.07, 6.45) is 9.78. The zero-order chi connectivity index (χ0) is 19.6. The van der Waals surface area contributed by atoms with Gasteiger partial charge in [0.1, 0.15) is 0 Å². The van der Waals surface area contributed by atoms with Gasteiger partial charge in [-0.25, -0.2) is 0 Å². The molecule has 1 amide bonds. The summed E-state index contributed by atoms with van der Waals surface area (Å²) in [5.41, 5.74) is 8.13. The molecule has 1 heterocycles. The zero-order valence-electron chi connectivity index (χ0n) is 16.6. The molecular weight excluding hydrogens is 405 g/mol. The Morgan fingerprint density at radius 2 is 1.93 bits per heavy atom. The van der Waals surface area contributed by atoms with Crippen LogP contribution in [-0.2, 0) is 5.41 Å². The standard InChI is InChI=1S/C23H28ClN3O.ClH/c24-20-5-1-4-19(13-20)23(16-25)10-8-21(9-11-23)27(15-17-6-7-17)22(28)18-3-2-12-26-14-18;/h1-5,12-14,17,21H,6-11,15-16,25H2;1H/t21-,23-;. The highest BCUT2D eigenvalue weighted by Crippen LogP contribution is 2.42. The first-order valence-corrected chi connectivity index (χ1v) is 10.7. The Morgan fingerprint density at radius 3 is 2.52 bits per heavy atom. The molecule has 0 bridgehead atoms. The van der Waals surface area contributed by atoms with E-state index in [1.54, 1.807) is 12.4 Å². The van der Waals surface area contributed by atoms with Crippen LogP contribution in [0.4, 0.5) is 0 Å². The summed E-state index contributed by atoms with van der Waals surface area (Å²) in [6, 6.07) is 12.1. The van der Waals surface area contributed by atoms with E-state index in [0.29, 0.717) is 18.0 Å². The van der Waals surface area contributed by atoms with Crippen LogP contribution in [0, 0.1) is 5.92 Å². The highest BCUT2D eigenvalue weighted by atomic mass is 35.5. The lowest BCUT2D eigenvalue weighted by atomic mass is 9.68. The number of nitrogens with zero attached hydrogens (tertiary/aromatic N) is 2. The largest absolute Gasteiger partial charge is 0.335 e. The first kappa shape index (κ1) is 22.1. The molecule has 2 aliphatic rings. The van der Waals surface area contributed by atoms with Crippen LogP contribution in [0.5, 0.6) is 0 Å². The average Bonchev–Trinajstić information content (AvgIpc) is 3.57. The summed E-state index contributed by atoms with van der Waals surface area (Å²) in [5.74, 6) is 0.780. The number of rotatable bonds is 6. The Labute approximate surface area is 184 Å². The fourth-order valence-corrected chi connectivity index (χ4v) is 4.72. The van der Waals surface area contributed by atoms with Crippen LogP contribution < -0.4 is 5.73 Å². The molecule has 1 aromatic heterocycles. The molecular formula is C23H29Cl2N3O. The summed E-state index contributed by atoms with van der Waals surface area (Å²) in [7, 11) is 0. The van der Waals surface area contributed by atoms with E-state index in [4.69, 9.17) is 17.3 Å². The Bertz CT molecular complexity index is 818. The number of halogens is 2. The molecule has 2 fully saturated rings. The predicted molar refractivity (Wildman–Crippen MR) is 120 cm³/mol. The van der Waals surface area contributed by atoms with Crippen molar-refractivity contribution in [3.8, 4) is 0 Å². The highest BCUT2D eigenvalue weighted by Gasteiger charge is 2.40. The number of nitrogens with two attached hydrogens (primary N) is 1. The minimum Gasteiger partial charge on any atom is -0.335 e. The van der Waals surface area contributed by atoms with Gasteiger partial charge in [0.05, 0.1) is 5.56 Å². The smallest absolute Gasteiger partial charge is 0.255 e. The van der Waals surface area contributed by atoms with Gasteiger partial charge < -0.3 is 10.6 Å². The molecule has 0 atom stereocenters. The summed E-state index contributed by atoms with van der Waals surface area (Å²) in [5, 5.41) is 0.759. The molecule has 2 N–H and O–H groups in total. The van der Waals surface area contributed by atoms with Gasteiger partial charge in [0.25, 0.3) is 5.91 Å². The lowest BCUT2D eigenvalue weighted by Crippen LogP contribution is -2.48.